The number of hydrogen-bond acceptors (Lipinski definition) is 4. The summed E-state index contributed by atoms with van der Waals surface area (Å²) in [4.78, 5) is 15.8. The Morgan fingerprint density at radius 2 is 1.84 bits per heavy atom. The normalized spacial score (nSPS) is 15.9. The van der Waals surface area contributed by atoms with Crippen LogP contribution in [0.25, 0.3) is 0 Å². The first-order valence-electron chi connectivity index (χ1n) is 8.54. The van der Waals surface area contributed by atoms with Crippen LogP contribution in [0.1, 0.15) is 49.1 Å². The summed E-state index contributed by atoms with van der Waals surface area (Å²) in [5.41, 5.74) is 1.53. The van der Waals surface area contributed by atoms with Crippen molar-refractivity contribution in [3.05, 3.63) is 58.3 Å². The molecule has 1 N–H and O–H groups in total. The molecule has 0 amide bonds. The predicted molar refractivity (Wildman–Crippen MR) is 98.0 cm³/mol. The zero-order valence-corrected chi connectivity index (χ0v) is 15.1. The molecular formula is C18H23N3O3S. The van der Waals surface area contributed by atoms with Gasteiger partial charge in [-0.05, 0) is 29.9 Å². The van der Waals surface area contributed by atoms with Gasteiger partial charge in [0, 0.05) is 7.05 Å². The summed E-state index contributed by atoms with van der Waals surface area (Å²) < 4.78 is 28.2. The second kappa shape index (κ2) is 7.39. The van der Waals surface area contributed by atoms with Crippen molar-refractivity contribution in [3.8, 4) is 0 Å². The van der Waals surface area contributed by atoms with Gasteiger partial charge in [0.1, 0.15) is 5.69 Å². The van der Waals surface area contributed by atoms with Crippen molar-refractivity contribution in [3.63, 3.8) is 0 Å². The minimum absolute atomic E-state index is 0.0381. The van der Waals surface area contributed by atoms with Crippen LogP contribution >= 0.6 is 0 Å². The Bertz CT molecular complexity index is 883. The van der Waals surface area contributed by atoms with Crippen molar-refractivity contribution in [2.24, 2.45) is 7.05 Å². The lowest BCUT2D eigenvalue weighted by Gasteiger charge is -2.22. The number of sulfonamides is 1. The topological polar surface area (TPSA) is 81.1 Å². The highest BCUT2D eigenvalue weighted by atomic mass is 32.2. The fourth-order valence-electron chi connectivity index (χ4n) is 3.32. The zero-order valence-electron chi connectivity index (χ0n) is 14.3. The molecule has 7 heteroatoms. The van der Waals surface area contributed by atoms with Crippen LogP contribution in [-0.2, 0) is 22.8 Å². The van der Waals surface area contributed by atoms with Crippen molar-refractivity contribution in [1.29, 1.82) is 0 Å². The van der Waals surface area contributed by atoms with Crippen LogP contribution in [0.5, 0.6) is 0 Å². The summed E-state index contributed by atoms with van der Waals surface area (Å²) >= 11 is 0. The highest BCUT2D eigenvalue weighted by Gasteiger charge is 2.17. The summed E-state index contributed by atoms with van der Waals surface area (Å²) in [6, 6.07) is 7.79. The van der Waals surface area contributed by atoms with Gasteiger partial charge >= 0.3 is 0 Å². The SMILES string of the molecule is Cn1cncc(NS(=O)(=O)Cc2ccc(C3CCCCC3)cc2)c1=O. The van der Waals surface area contributed by atoms with Crippen molar-refractivity contribution in [2.45, 2.75) is 43.8 Å². The molecule has 0 radical (unpaired) electrons. The first kappa shape index (κ1) is 17.7. The molecule has 1 aromatic carbocycles. The predicted octanol–water partition coefficient (Wildman–Crippen LogP) is 2.77. The van der Waals surface area contributed by atoms with Gasteiger partial charge in [0.15, 0.2) is 0 Å². The van der Waals surface area contributed by atoms with Gasteiger partial charge in [-0.25, -0.2) is 13.4 Å². The van der Waals surface area contributed by atoms with Gasteiger partial charge in [0.05, 0.1) is 18.3 Å². The van der Waals surface area contributed by atoms with E-state index in [9.17, 15) is 13.2 Å². The van der Waals surface area contributed by atoms with E-state index < -0.39 is 15.6 Å². The van der Waals surface area contributed by atoms with Crippen LogP contribution in [0.3, 0.4) is 0 Å². The number of nitrogens with one attached hydrogen (secondary N) is 1. The summed E-state index contributed by atoms with van der Waals surface area (Å²) in [5, 5.41) is 0. The zero-order chi connectivity index (χ0) is 17.9. The van der Waals surface area contributed by atoms with E-state index in [-0.39, 0.29) is 11.4 Å². The molecule has 134 valence electrons. The summed E-state index contributed by atoms with van der Waals surface area (Å²) in [7, 11) is -2.14. The molecule has 0 saturated heterocycles. The minimum atomic E-state index is -3.67. The summed E-state index contributed by atoms with van der Waals surface area (Å²) in [5.74, 6) is 0.423. The smallest absolute Gasteiger partial charge is 0.277 e. The molecule has 3 rings (SSSR count). The average Bonchev–Trinajstić information content (AvgIpc) is 2.60. The Balaban J connectivity index is 1.70. The van der Waals surface area contributed by atoms with Crippen LogP contribution in [0.2, 0.25) is 0 Å². The first-order valence-corrected chi connectivity index (χ1v) is 10.2. The fraction of sp³-hybridized carbons (Fsp3) is 0.444. The van der Waals surface area contributed by atoms with E-state index in [0.29, 0.717) is 11.5 Å². The Hall–Kier alpha value is -2.15. The average molecular weight is 361 g/mol. The molecular weight excluding hydrogens is 338 g/mol. The van der Waals surface area contributed by atoms with Gasteiger partial charge in [0.25, 0.3) is 5.56 Å². The van der Waals surface area contributed by atoms with Gasteiger partial charge in [0.2, 0.25) is 10.0 Å². The lowest BCUT2D eigenvalue weighted by atomic mass is 9.84. The molecule has 1 saturated carbocycles. The highest BCUT2D eigenvalue weighted by Crippen LogP contribution is 2.32. The lowest BCUT2D eigenvalue weighted by Crippen LogP contribution is -2.25. The van der Waals surface area contributed by atoms with Crippen LogP contribution in [-0.4, -0.2) is 18.0 Å². The van der Waals surface area contributed by atoms with Crippen molar-refractivity contribution in [2.75, 3.05) is 4.72 Å². The quantitative estimate of drug-likeness (QED) is 0.888. The number of aromatic nitrogens is 2. The van der Waals surface area contributed by atoms with Gasteiger partial charge in [-0.2, -0.15) is 0 Å². The molecule has 1 aliphatic rings. The Labute approximate surface area is 148 Å². The molecule has 25 heavy (non-hydrogen) atoms. The molecule has 1 fully saturated rings. The molecule has 0 atom stereocenters. The third-order valence-electron chi connectivity index (χ3n) is 4.67. The van der Waals surface area contributed by atoms with E-state index in [1.165, 1.54) is 61.8 Å². The number of anilines is 1. The second-order valence-electron chi connectivity index (χ2n) is 6.66. The molecule has 1 aromatic heterocycles. The first-order chi connectivity index (χ1) is 11.9. The molecule has 0 spiro atoms. The van der Waals surface area contributed by atoms with E-state index in [1.54, 1.807) is 0 Å². The minimum Gasteiger partial charge on any atom is -0.301 e. The molecule has 2 aromatic rings. The van der Waals surface area contributed by atoms with E-state index in [2.05, 4.69) is 9.71 Å². The monoisotopic (exact) mass is 361 g/mol. The van der Waals surface area contributed by atoms with Crippen LogP contribution in [0.4, 0.5) is 5.69 Å². The largest absolute Gasteiger partial charge is 0.301 e. The van der Waals surface area contributed by atoms with E-state index in [4.69, 9.17) is 0 Å². The third kappa shape index (κ3) is 4.48. The number of benzene rings is 1. The maximum absolute atomic E-state index is 12.3. The Kier molecular flexibility index (Phi) is 5.22. The molecule has 1 aliphatic carbocycles. The Morgan fingerprint density at radius 3 is 2.52 bits per heavy atom. The number of hydrogen-bond donors (Lipinski definition) is 1. The highest BCUT2D eigenvalue weighted by molar-refractivity contribution is 7.91. The van der Waals surface area contributed by atoms with Gasteiger partial charge in [-0.3, -0.25) is 9.52 Å². The second-order valence-corrected chi connectivity index (χ2v) is 8.38. The Morgan fingerprint density at radius 1 is 1.16 bits per heavy atom. The van der Waals surface area contributed by atoms with Crippen LogP contribution < -0.4 is 10.3 Å². The summed E-state index contributed by atoms with van der Waals surface area (Å²) in [6.07, 6.45) is 8.84. The van der Waals surface area contributed by atoms with Crippen molar-refractivity contribution < 1.29 is 8.42 Å². The van der Waals surface area contributed by atoms with Crippen molar-refractivity contribution in [1.82, 2.24) is 9.55 Å². The van der Waals surface area contributed by atoms with E-state index >= 15 is 0 Å². The maximum atomic E-state index is 12.3. The fourth-order valence-corrected chi connectivity index (χ4v) is 4.50. The molecule has 6 nitrogen and oxygen atoms in total. The van der Waals surface area contributed by atoms with Crippen LogP contribution in [0, 0.1) is 0 Å². The lowest BCUT2D eigenvalue weighted by molar-refractivity contribution is 0.443. The number of nitrogens with zero attached hydrogens (tertiary/aromatic N) is 2. The third-order valence-corrected chi connectivity index (χ3v) is 5.92. The maximum Gasteiger partial charge on any atom is 0.277 e. The van der Waals surface area contributed by atoms with Crippen LogP contribution in [0.15, 0.2) is 41.6 Å². The number of rotatable bonds is 5. The molecule has 1 heterocycles. The number of aryl methyl sites for hydroxylation is 1. The summed E-state index contributed by atoms with van der Waals surface area (Å²) in [6.45, 7) is 0. The van der Waals surface area contributed by atoms with Gasteiger partial charge < -0.3 is 4.57 Å². The van der Waals surface area contributed by atoms with Crippen molar-refractivity contribution >= 4 is 15.7 Å². The van der Waals surface area contributed by atoms with Gasteiger partial charge in [-0.15, -0.1) is 0 Å². The molecule has 0 aliphatic heterocycles. The van der Waals surface area contributed by atoms with E-state index in [1.807, 2.05) is 24.3 Å². The molecule has 0 bridgehead atoms. The molecule has 0 unspecified atom stereocenters. The van der Waals surface area contributed by atoms with E-state index in [0.717, 1.165) is 0 Å². The van der Waals surface area contributed by atoms with Gasteiger partial charge in [-0.1, -0.05) is 43.5 Å². The standard InChI is InChI=1S/C18H23N3O3S/c1-21-13-19-11-17(18(21)22)20-25(23,24)12-14-7-9-16(10-8-14)15-5-3-2-4-6-15/h7-11,13,15,20H,2-6,12H2,1H3.